The van der Waals surface area contributed by atoms with Gasteiger partial charge in [-0.2, -0.15) is 0 Å². The average molecular weight is 252 g/mol. The molecule has 4 nitrogen and oxygen atoms in total. The molecular weight excluding hydrogens is 244 g/mol. The van der Waals surface area contributed by atoms with Gasteiger partial charge in [-0.1, -0.05) is 17.8 Å². The summed E-state index contributed by atoms with van der Waals surface area (Å²) < 4.78 is 1.07. The number of anilines is 1. The lowest BCUT2D eigenvalue weighted by Crippen LogP contribution is -2.00. The molecule has 0 radical (unpaired) electrons. The van der Waals surface area contributed by atoms with E-state index in [1.165, 1.54) is 24.0 Å². The SMILES string of the molecule is Nc1cc(C(=O)O)cnc1Sc1cccs1. The van der Waals surface area contributed by atoms with Crippen LogP contribution in [-0.2, 0) is 0 Å². The molecule has 0 saturated carbocycles. The van der Waals surface area contributed by atoms with Crippen LogP contribution in [0.25, 0.3) is 0 Å². The molecule has 0 spiro atoms. The zero-order valence-corrected chi connectivity index (χ0v) is 9.72. The van der Waals surface area contributed by atoms with E-state index in [1.807, 2.05) is 17.5 Å². The van der Waals surface area contributed by atoms with Gasteiger partial charge in [0.05, 0.1) is 15.5 Å². The molecule has 0 atom stereocenters. The van der Waals surface area contributed by atoms with Crippen LogP contribution in [0.15, 0.2) is 39.0 Å². The molecule has 2 heterocycles. The quantitative estimate of drug-likeness (QED) is 0.878. The van der Waals surface area contributed by atoms with Crippen molar-refractivity contribution < 1.29 is 9.90 Å². The first-order chi connectivity index (χ1) is 7.66. The van der Waals surface area contributed by atoms with Crippen molar-refractivity contribution in [1.82, 2.24) is 4.98 Å². The number of nitrogens with zero attached hydrogens (tertiary/aromatic N) is 1. The summed E-state index contributed by atoms with van der Waals surface area (Å²) in [6.07, 6.45) is 1.31. The lowest BCUT2D eigenvalue weighted by molar-refractivity contribution is 0.0696. The zero-order valence-electron chi connectivity index (χ0n) is 8.08. The maximum atomic E-state index is 10.7. The lowest BCUT2D eigenvalue weighted by Gasteiger charge is -2.03. The van der Waals surface area contributed by atoms with E-state index in [-0.39, 0.29) is 5.56 Å². The number of hydrogen-bond acceptors (Lipinski definition) is 5. The molecule has 0 bridgehead atoms. The van der Waals surface area contributed by atoms with Crippen molar-refractivity contribution in [2.75, 3.05) is 5.73 Å². The molecule has 2 aromatic rings. The molecule has 0 fully saturated rings. The lowest BCUT2D eigenvalue weighted by atomic mass is 10.3. The number of aromatic carboxylic acids is 1. The summed E-state index contributed by atoms with van der Waals surface area (Å²) in [6, 6.07) is 5.32. The van der Waals surface area contributed by atoms with Crippen molar-refractivity contribution in [3.8, 4) is 0 Å². The highest BCUT2D eigenvalue weighted by atomic mass is 32.2. The molecule has 0 amide bonds. The second-order valence-corrected chi connectivity index (χ2v) is 5.19. The first kappa shape index (κ1) is 11.0. The molecule has 0 unspecified atom stereocenters. The van der Waals surface area contributed by atoms with Crippen molar-refractivity contribution >= 4 is 34.8 Å². The highest BCUT2D eigenvalue weighted by Crippen LogP contribution is 2.33. The zero-order chi connectivity index (χ0) is 11.5. The summed E-state index contributed by atoms with van der Waals surface area (Å²) in [5, 5.41) is 11.4. The van der Waals surface area contributed by atoms with Crippen LogP contribution in [0.2, 0.25) is 0 Å². The molecule has 16 heavy (non-hydrogen) atoms. The Bertz CT molecular complexity index is 512. The Morgan fingerprint density at radius 3 is 2.94 bits per heavy atom. The third-order valence-electron chi connectivity index (χ3n) is 1.82. The number of nitrogens with two attached hydrogens (primary N) is 1. The van der Waals surface area contributed by atoms with E-state index in [2.05, 4.69) is 4.98 Å². The molecule has 0 aliphatic rings. The normalized spacial score (nSPS) is 10.2. The number of aromatic nitrogens is 1. The van der Waals surface area contributed by atoms with E-state index < -0.39 is 5.97 Å². The van der Waals surface area contributed by atoms with Crippen LogP contribution in [-0.4, -0.2) is 16.1 Å². The second-order valence-electron chi connectivity index (χ2n) is 2.96. The fraction of sp³-hybridized carbons (Fsp3) is 0. The van der Waals surface area contributed by atoms with E-state index in [0.29, 0.717) is 10.7 Å². The molecule has 0 aliphatic heterocycles. The van der Waals surface area contributed by atoms with Crippen LogP contribution in [0, 0.1) is 0 Å². The van der Waals surface area contributed by atoms with Gasteiger partial charge in [-0.3, -0.25) is 0 Å². The molecule has 0 saturated heterocycles. The molecule has 6 heteroatoms. The topological polar surface area (TPSA) is 76.2 Å². The van der Waals surface area contributed by atoms with Gasteiger partial charge >= 0.3 is 5.97 Å². The van der Waals surface area contributed by atoms with Gasteiger partial charge in [0, 0.05) is 6.20 Å². The molecule has 2 rings (SSSR count). The van der Waals surface area contributed by atoms with Gasteiger partial charge in [0.25, 0.3) is 0 Å². The summed E-state index contributed by atoms with van der Waals surface area (Å²) >= 11 is 3.02. The van der Waals surface area contributed by atoms with Gasteiger partial charge in [0.15, 0.2) is 0 Å². The first-order valence-electron chi connectivity index (χ1n) is 4.37. The largest absolute Gasteiger partial charge is 0.478 e. The van der Waals surface area contributed by atoms with E-state index in [4.69, 9.17) is 10.8 Å². The predicted molar refractivity (Wildman–Crippen MR) is 64.1 cm³/mol. The van der Waals surface area contributed by atoms with Crippen molar-refractivity contribution in [3.05, 3.63) is 35.3 Å². The van der Waals surface area contributed by atoms with Gasteiger partial charge in [0.1, 0.15) is 5.03 Å². The highest BCUT2D eigenvalue weighted by Gasteiger charge is 2.09. The van der Waals surface area contributed by atoms with Crippen molar-refractivity contribution in [2.45, 2.75) is 9.24 Å². The van der Waals surface area contributed by atoms with Gasteiger partial charge < -0.3 is 10.8 Å². The number of thiophene rings is 1. The Balaban J connectivity index is 2.26. The maximum absolute atomic E-state index is 10.7. The number of pyridine rings is 1. The maximum Gasteiger partial charge on any atom is 0.337 e. The minimum absolute atomic E-state index is 0.105. The van der Waals surface area contributed by atoms with E-state index in [0.717, 1.165) is 4.21 Å². The molecular formula is C10H8N2O2S2. The minimum Gasteiger partial charge on any atom is -0.478 e. The summed E-state index contributed by atoms with van der Waals surface area (Å²) in [6.45, 7) is 0. The molecule has 0 aliphatic carbocycles. The average Bonchev–Trinajstić information content (AvgIpc) is 2.73. The fourth-order valence-corrected chi connectivity index (χ4v) is 2.75. The van der Waals surface area contributed by atoms with Crippen LogP contribution in [0.5, 0.6) is 0 Å². The molecule has 0 aromatic carbocycles. The first-order valence-corrected chi connectivity index (χ1v) is 6.06. The Labute approximate surface area is 100 Å². The minimum atomic E-state index is -1.02. The summed E-state index contributed by atoms with van der Waals surface area (Å²) in [5.74, 6) is -1.02. The number of carbonyl (C=O) groups is 1. The van der Waals surface area contributed by atoms with Crippen LogP contribution >= 0.6 is 23.1 Å². The van der Waals surface area contributed by atoms with Gasteiger partial charge in [-0.25, -0.2) is 9.78 Å². The predicted octanol–water partition coefficient (Wildman–Crippen LogP) is 2.57. The van der Waals surface area contributed by atoms with Crippen LogP contribution in [0.1, 0.15) is 10.4 Å². The monoisotopic (exact) mass is 252 g/mol. The summed E-state index contributed by atoms with van der Waals surface area (Å²) in [5.41, 5.74) is 6.23. The number of hydrogen-bond donors (Lipinski definition) is 2. The second kappa shape index (κ2) is 4.54. The van der Waals surface area contributed by atoms with Crippen LogP contribution in [0.3, 0.4) is 0 Å². The molecule has 3 N–H and O–H groups in total. The van der Waals surface area contributed by atoms with Gasteiger partial charge in [-0.15, -0.1) is 11.3 Å². The third kappa shape index (κ3) is 2.34. The summed E-state index contributed by atoms with van der Waals surface area (Å²) in [7, 11) is 0. The van der Waals surface area contributed by atoms with E-state index in [9.17, 15) is 4.79 Å². The number of rotatable bonds is 3. The third-order valence-corrected chi connectivity index (χ3v) is 3.89. The van der Waals surface area contributed by atoms with Gasteiger partial charge in [0.2, 0.25) is 0 Å². The number of nitrogen functional groups attached to an aromatic ring is 1. The fourth-order valence-electron chi connectivity index (χ4n) is 1.09. The van der Waals surface area contributed by atoms with Crippen molar-refractivity contribution in [3.63, 3.8) is 0 Å². The highest BCUT2D eigenvalue weighted by molar-refractivity contribution is 8.01. The Morgan fingerprint density at radius 1 is 1.56 bits per heavy atom. The number of carboxylic acids is 1. The van der Waals surface area contributed by atoms with Crippen LogP contribution in [0.4, 0.5) is 5.69 Å². The Hall–Kier alpha value is -1.53. The van der Waals surface area contributed by atoms with Crippen molar-refractivity contribution in [2.24, 2.45) is 0 Å². The molecule has 2 aromatic heterocycles. The smallest absolute Gasteiger partial charge is 0.337 e. The van der Waals surface area contributed by atoms with E-state index >= 15 is 0 Å². The number of carboxylic acid groups (broad SMARTS) is 1. The standard InChI is InChI=1S/C10H8N2O2S2/c11-7-4-6(10(13)14)5-12-9(7)16-8-2-1-3-15-8/h1-5H,11H2,(H,13,14). The van der Waals surface area contributed by atoms with Crippen molar-refractivity contribution in [1.29, 1.82) is 0 Å². The molecule has 82 valence electrons. The van der Waals surface area contributed by atoms with E-state index in [1.54, 1.807) is 11.3 Å². The Kier molecular flexibility index (Phi) is 3.12. The van der Waals surface area contributed by atoms with Gasteiger partial charge in [-0.05, 0) is 17.5 Å². The van der Waals surface area contributed by atoms with Crippen LogP contribution < -0.4 is 5.73 Å². The summed E-state index contributed by atoms with van der Waals surface area (Å²) in [4.78, 5) is 14.7. The Morgan fingerprint density at radius 2 is 2.38 bits per heavy atom.